The maximum atomic E-state index is 10.9. The van der Waals surface area contributed by atoms with Crippen LogP contribution in [0.1, 0.15) is 24.8 Å². The van der Waals surface area contributed by atoms with Gasteiger partial charge in [0.25, 0.3) is 0 Å². The lowest BCUT2D eigenvalue weighted by molar-refractivity contribution is -0.119. The van der Waals surface area contributed by atoms with Gasteiger partial charge in [0.2, 0.25) is 5.91 Å². The van der Waals surface area contributed by atoms with Gasteiger partial charge < -0.3 is 5.73 Å². The number of benzene rings is 1. The number of primary amides is 1. The van der Waals surface area contributed by atoms with Gasteiger partial charge >= 0.3 is 0 Å². The molecule has 2 rings (SSSR count). The van der Waals surface area contributed by atoms with Crippen molar-refractivity contribution in [3.8, 4) is 0 Å². The summed E-state index contributed by atoms with van der Waals surface area (Å²) in [6, 6.07) is 8.43. The van der Waals surface area contributed by atoms with Gasteiger partial charge in [-0.2, -0.15) is 0 Å². The molecule has 98 valence electrons. The van der Waals surface area contributed by atoms with Gasteiger partial charge in [-0.15, -0.1) is 0 Å². The molecule has 2 N–H and O–H groups in total. The normalized spacial score (nSPS) is 17.8. The Kier molecular flexibility index (Phi) is 4.78. The van der Waals surface area contributed by atoms with E-state index in [0.29, 0.717) is 12.3 Å². The highest BCUT2D eigenvalue weighted by atomic mass is 79.9. The smallest absolute Gasteiger partial charge is 0.217 e. The summed E-state index contributed by atoms with van der Waals surface area (Å²) in [5.74, 6) is 0.321. The van der Waals surface area contributed by atoms with Crippen LogP contribution in [-0.2, 0) is 11.3 Å². The molecule has 4 heteroatoms. The first kappa shape index (κ1) is 13.6. The van der Waals surface area contributed by atoms with Gasteiger partial charge in [0.05, 0.1) is 0 Å². The number of rotatable bonds is 4. The summed E-state index contributed by atoms with van der Waals surface area (Å²) >= 11 is 3.49. The Morgan fingerprint density at radius 1 is 1.39 bits per heavy atom. The van der Waals surface area contributed by atoms with Crippen LogP contribution in [0.15, 0.2) is 28.7 Å². The minimum Gasteiger partial charge on any atom is -0.370 e. The highest BCUT2D eigenvalue weighted by molar-refractivity contribution is 9.10. The van der Waals surface area contributed by atoms with E-state index in [1.165, 1.54) is 5.56 Å². The standard InChI is InChI=1S/C14H19BrN2O/c15-13-3-1-2-12(8-13)10-17-6-4-11(5-7-17)9-14(16)18/h1-3,8,11H,4-7,9-10H2,(H2,16,18). The highest BCUT2D eigenvalue weighted by Crippen LogP contribution is 2.22. The summed E-state index contributed by atoms with van der Waals surface area (Å²) < 4.78 is 1.13. The Morgan fingerprint density at radius 2 is 2.11 bits per heavy atom. The zero-order chi connectivity index (χ0) is 13.0. The Balaban J connectivity index is 1.81. The third-order valence-corrected chi connectivity index (χ3v) is 3.99. The van der Waals surface area contributed by atoms with E-state index in [1.807, 2.05) is 6.07 Å². The third-order valence-electron chi connectivity index (χ3n) is 3.49. The molecule has 0 spiro atoms. The molecular formula is C14H19BrN2O. The van der Waals surface area contributed by atoms with Gasteiger partial charge in [0, 0.05) is 17.4 Å². The van der Waals surface area contributed by atoms with Crippen molar-refractivity contribution in [2.75, 3.05) is 13.1 Å². The summed E-state index contributed by atoms with van der Waals surface area (Å²) in [5.41, 5.74) is 6.57. The maximum Gasteiger partial charge on any atom is 0.217 e. The minimum absolute atomic E-state index is 0.166. The predicted molar refractivity (Wildman–Crippen MR) is 76.0 cm³/mol. The predicted octanol–water partition coefficient (Wildman–Crippen LogP) is 2.54. The van der Waals surface area contributed by atoms with Gasteiger partial charge in [0.15, 0.2) is 0 Å². The summed E-state index contributed by atoms with van der Waals surface area (Å²) in [7, 11) is 0. The van der Waals surface area contributed by atoms with Crippen LogP contribution in [-0.4, -0.2) is 23.9 Å². The Morgan fingerprint density at radius 3 is 2.72 bits per heavy atom. The number of hydrogen-bond donors (Lipinski definition) is 1. The lowest BCUT2D eigenvalue weighted by Crippen LogP contribution is -2.34. The lowest BCUT2D eigenvalue weighted by atomic mass is 9.93. The number of hydrogen-bond acceptors (Lipinski definition) is 2. The van der Waals surface area contributed by atoms with Crippen LogP contribution >= 0.6 is 15.9 Å². The third kappa shape index (κ3) is 4.10. The van der Waals surface area contributed by atoms with E-state index in [9.17, 15) is 4.79 Å². The summed E-state index contributed by atoms with van der Waals surface area (Å²) in [5, 5.41) is 0. The van der Waals surface area contributed by atoms with Gasteiger partial charge in [-0.1, -0.05) is 28.1 Å². The monoisotopic (exact) mass is 310 g/mol. The number of amides is 1. The van der Waals surface area contributed by atoms with Crippen LogP contribution in [0.5, 0.6) is 0 Å². The first-order valence-corrected chi connectivity index (χ1v) is 7.18. The molecule has 0 aliphatic carbocycles. The van der Waals surface area contributed by atoms with Crippen LogP contribution in [0, 0.1) is 5.92 Å². The second-order valence-electron chi connectivity index (χ2n) is 5.02. The molecular weight excluding hydrogens is 292 g/mol. The molecule has 1 aromatic rings. The average molecular weight is 311 g/mol. The molecule has 0 saturated carbocycles. The molecule has 3 nitrogen and oxygen atoms in total. The summed E-state index contributed by atoms with van der Waals surface area (Å²) in [6.07, 6.45) is 2.71. The van der Waals surface area contributed by atoms with Crippen molar-refractivity contribution in [3.05, 3.63) is 34.3 Å². The molecule has 1 amide bonds. The van der Waals surface area contributed by atoms with Crippen LogP contribution < -0.4 is 5.73 Å². The van der Waals surface area contributed by atoms with E-state index >= 15 is 0 Å². The van der Waals surface area contributed by atoms with Crippen molar-refractivity contribution in [2.24, 2.45) is 11.7 Å². The Labute approximate surface area is 116 Å². The van der Waals surface area contributed by atoms with E-state index in [2.05, 4.69) is 39.0 Å². The van der Waals surface area contributed by atoms with Crippen LogP contribution in [0.2, 0.25) is 0 Å². The molecule has 0 atom stereocenters. The molecule has 0 bridgehead atoms. The minimum atomic E-state index is -0.166. The number of carbonyl (C=O) groups is 1. The number of likely N-dealkylation sites (tertiary alicyclic amines) is 1. The van der Waals surface area contributed by atoms with Crippen molar-refractivity contribution in [1.29, 1.82) is 0 Å². The van der Waals surface area contributed by atoms with Gasteiger partial charge in [-0.3, -0.25) is 9.69 Å². The fraction of sp³-hybridized carbons (Fsp3) is 0.500. The molecule has 0 aromatic heterocycles. The molecule has 1 heterocycles. The second-order valence-corrected chi connectivity index (χ2v) is 5.94. The lowest BCUT2D eigenvalue weighted by Gasteiger charge is -2.31. The van der Waals surface area contributed by atoms with Gasteiger partial charge in [-0.25, -0.2) is 0 Å². The number of nitrogens with zero attached hydrogens (tertiary/aromatic N) is 1. The molecule has 1 saturated heterocycles. The molecule has 0 unspecified atom stereocenters. The molecule has 0 radical (unpaired) electrons. The molecule has 1 aromatic carbocycles. The highest BCUT2D eigenvalue weighted by Gasteiger charge is 2.20. The fourth-order valence-corrected chi connectivity index (χ4v) is 2.97. The first-order valence-electron chi connectivity index (χ1n) is 6.38. The average Bonchev–Trinajstić information content (AvgIpc) is 2.31. The molecule has 1 fully saturated rings. The topological polar surface area (TPSA) is 46.3 Å². The van der Waals surface area contributed by atoms with E-state index < -0.39 is 0 Å². The SMILES string of the molecule is NC(=O)CC1CCN(Cc2cccc(Br)c2)CC1. The number of carbonyl (C=O) groups excluding carboxylic acids is 1. The summed E-state index contributed by atoms with van der Waals surface area (Å²) in [6.45, 7) is 3.11. The van der Waals surface area contributed by atoms with E-state index in [0.717, 1.165) is 36.9 Å². The second kappa shape index (κ2) is 6.34. The van der Waals surface area contributed by atoms with Crippen LogP contribution in [0.25, 0.3) is 0 Å². The zero-order valence-electron chi connectivity index (χ0n) is 10.4. The first-order chi connectivity index (χ1) is 8.63. The van der Waals surface area contributed by atoms with Gasteiger partial charge in [-0.05, 0) is 49.5 Å². The largest absolute Gasteiger partial charge is 0.370 e. The zero-order valence-corrected chi connectivity index (χ0v) is 12.0. The van der Waals surface area contributed by atoms with Crippen molar-refractivity contribution in [2.45, 2.75) is 25.8 Å². The van der Waals surface area contributed by atoms with Crippen molar-refractivity contribution < 1.29 is 4.79 Å². The summed E-state index contributed by atoms with van der Waals surface area (Å²) in [4.78, 5) is 13.3. The van der Waals surface area contributed by atoms with Crippen LogP contribution in [0.3, 0.4) is 0 Å². The number of halogens is 1. The Hall–Kier alpha value is -0.870. The van der Waals surface area contributed by atoms with Crippen LogP contribution in [0.4, 0.5) is 0 Å². The number of piperidine rings is 1. The number of nitrogens with two attached hydrogens (primary N) is 1. The maximum absolute atomic E-state index is 10.9. The fourth-order valence-electron chi connectivity index (χ4n) is 2.53. The van der Waals surface area contributed by atoms with Gasteiger partial charge in [0.1, 0.15) is 0 Å². The van der Waals surface area contributed by atoms with E-state index in [4.69, 9.17) is 5.73 Å². The quantitative estimate of drug-likeness (QED) is 0.929. The molecule has 1 aliphatic rings. The Bertz CT molecular complexity index is 414. The van der Waals surface area contributed by atoms with Crippen molar-refractivity contribution >= 4 is 21.8 Å². The van der Waals surface area contributed by atoms with Crippen molar-refractivity contribution in [3.63, 3.8) is 0 Å². The van der Waals surface area contributed by atoms with E-state index in [1.54, 1.807) is 0 Å². The molecule has 1 aliphatic heterocycles. The van der Waals surface area contributed by atoms with E-state index in [-0.39, 0.29) is 5.91 Å². The molecule has 18 heavy (non-hydrogen) atoms. The van der Waals surface area contributed by atoms with Crippen molar-refractivity contribution in [1.82, 2.24) is 4.90 Å².